The van der Waals surface area contributed by atoms with E-state index in [2.05, 4.69) is 34.2 Å². The first kappa shape index (κ1) is 13.6. The van der Waals surface area contributed by atoms with E-state index in [9.17, 15) is 0 Å². The van der Waals surface area contributed by atoms with E-state index >= 15 is 0 Å². The van der Waals surface area contributed by atoms with Crippen LogP contribution in [0.3, 0.4) is 0 Å². The maximum absolute atomic E-state index is 6.33. The third-order valence-electron chi connectivity index (χ3n) is 3.45. The van der Waals surface area contributed by atoms with Crippen molar-refractivity contribution in [3.05, 3.63) is 22.8 Å². The molecule has 0 saturated carbocycles. The van der Waals surface area contributed by atoms with E-state index in [-0.39, 0.29) is 0 Å². The van der Waals surface area contributed by atoms with Gasteiger partial charge in [0.05, 0.1) is 5.02 Å². The molecule has 0 spiro atoms. The molecular weight excluding hydrogens is 248 g/mol. The molecule has 1 saturated heterocycles. The number of anilines is 1. The summed E-state index contributed by atoms with van der Waals surface area (Å²) >= 11 is 6.33. The molecule has 1 N–H and O–H groups in total. The van der Waals surface area contributed by atoms with E-state index < -0.39 is 0 Å². The smallest absolute Gasteiger partial charge is 0.147 e. The number of hydrogen-bond acceptors (Lipinski definition) is 4. The SMILES string of the molecule is CNCc1cnc(N2CCC(N(C)C)C2)c(Cl)c1. The number of rotatable bonds is 4. The molecule has 1 fully saturated rings. The molecule has 1 aliphatic rings. The first-order valence-corrected chi connectivity index (χ1v) is 6.70. The van der Waals surface area contributed by atoms with Gasteiger partial charge in [-0.25, -0.2) is 4.98 Å². The van der Waals surface area contributed by atoms with E-state index in [0.717, 1.165) is 36.0 Å². The van der Waals surface area contributed by atoms with Crippen molar-refractivity contribution in [1.82, 2.24) is 15.2 Å². The molecule has 0 aromatic carbocycles. The van der Waals surface area contributed by atoms with Gasteiger partial charge in [-0.3, -0.25) is 0 Å². The van der Waals surface area contributed by atoms with Gasteiger partial charge in [0.1, 0.15) is 5.82 Å². The standard InChI is InChI=1S/C13H21ClN4/c1-15-7-10-6-12(14)13(16-8-10)18-5-4-11(9-18)17(2)3/h6,8,11,15H,4-5,7,9H2,1-3H3. The van der Waals surface area contributed by atoms with Crippen LogP contribution in [0.15, 0.2) is 12.3 Å². The molecule has 1 atom stereocenters. The van der Waals surface area contributed by atoms with Gasteiger partial charge in [0.15, 0.2) is 0 Å². The Morgan fingerprint density at radius 1 is 1.56 bits per heavy atom. The number of pyridine rings is 1. The van der Waals surface area contributed by atoms with Gasteiger partial charge in [-0.15, -0.1) is 0 Å². The number of hydrogen-bond donors (Lipinski definition) is 1. The Labute approximate surface area is 114 Å². The summed E-state index contributed by atoms with van der Waals surface area (Å²) in [5.41, 5.74) is 1.12. The molecular formula is C13H21ClN4. The Morgan fingerprint density at radius 3 is 2.89 bits per heavy atom. The van der Waals surface area contributed by atoms with Gasteiger partial charge in [0, 0.05) is 31.9 Å². The van der Waals surface area contributed by atoms with Crippen molar-refractivity contribution in [2.75, 3.05) is 39.1 Å². The van der Waals surface area contributed by atoms with Crippen molar-refractivity contribution in [2.24, 2.45) is 0 Å². The Bertz CT molecular complexity index is 408. The normalized spacial score (nSPS) is 19.8. The lowest BCUT2D eigenvalue weighted by Gasteiger charge is -2.22. The van der Waals surface area contributed by atoms with Crippen molar-refractivity contribution < 1.29 is 0 Å². The minimum Gasteiger partial charge on any atom is -0.354 e. The van der Waals surface area contributed by atoms with Crippen LogP contribution in [0, 0.1) is 0 Å². The number of likely N-dealkylation sites (N-methyl/N-ethyl adjacent to an activating group) is 1. The van der Waals surface area contributed by atoms with Crippen LogP contribution >= 0.6 is 11.6 Å². The van der Waals surface area contributed by atoms with Crippen molar-refractivity contribution >= 4 is 17.4 Å². The van der Waals surface area contributed by atoms with Gasteiger partial charge in [-0.1, -0.05) is 11.6 Å². The summed E-state index contributed by atoms with van der Waals surface area (Å²) in [6, 6.07) is 2.60. The summed E-state index contributed by atoms with van der Waals surface area (Å²) in [7, 11) is 6.17. The molecule has 1 aromatic rings. The lowest BCUT2D eigenvalue weighted by molar-refractivity contribution is 0.315. The maximum atomic E-state index is 6.33. The van der Waals surface area contributed by atoms with Gasteiger partial charge < -0.3 is 15.1 Å². The Hall–Kier alpha value is -0.840. The van der Waals surface area contributed by atoms with Gasteiger partial charge in [-0.05, 0) is 39.2 Å². The molecule has 5 heteroatoms. The fourth-order valence-corrected chi connectivity index (χ4v) is 2.67. The van der Waals surface area contributed by atoms with E-state index in [4.69, 9.17) is 11.6 Å². The zero-order chi connectivity index (χ0) is 13.1. The second-order valence-corrected chi connectivity index (χ2v) is 5.44. The van der Waals surface area contributed by atoms with E-state index in [1.54, 1.807) is 0 Å². The predicted octanol–water partition coefficient (Wildman–Crippen LogP) is 1.59. The molecule has 0 radical (unpaired) electrons. The van der Waals surface area contributed by atoms with Gasteiger partial charge in [0.25, 0.3) is 0 Å². The summed E-state index contributed by atoms with van der Waals surface area (Å²) < 4.78 is 0. The summed E-state index contributed by atoms with van der Waals surface area (Å²) in [6.07, 6.45) is 3.07. The van der Waals surface area contributed by atoms with Gasteiger partial charge >= 0.3 is 0 Å². The Morgan fingerprint density at radius 2 is 2.33 bits per heavy atom. The monoisotopic (exact) mass is 268 g/mol. The summed E-state index contributed by atoms with van der Waals surface area (Å²) in [4.78, 5) is 9.05. The topological polar surface area (TPSA) is 31.4 Å². The zero-order valence-electron chi connectivity index (χ0n) is 11.3. The van der Waals surface area contributed by atoms with E-state index in [1.807, 2.05) is 19.3 Å². The van der Waals surface area contributed by atoms with Crippen molar-refractivity contribution in [3.8, 4) is 0 Å². The van der Waals surface area contributed by atoms with E-state index in [1.165, 1.54) is 6.42 Å². The number of nitrogens with zero attached hydrogens (tertiary/aromatic N) is 3. The highest BCUT2D eigenvalue weighted by molar-refractivity contribution is 6.33. The molecule has 0 bridgehead atoms. The summed E-state index contributed by atoms with van der Waals surface area (Å²) in [5.74, 6) is 0.917. The third kappa shape index (κ3) is 2.94. The van der Waals surface area contributed by atoms with E-state index in [0.29, 0.717) is 6.04 Å². The van der Waals surface area contributed by atoms with Crippen molar-refractivity contribution in [2.45, 2.75) is 19.0 Å². The van der Waals surface area contributed by atoms with Crippen LogP contribution in [0.25, 0.3) is 0 Å². The van der Waals surface area contributed by atoms with Crippen LogP contribution < -0.4 is 10.2 Å². The summed E-state index contributed by atoms with van der Waals surface area (Å²) in [6.45, 7) is 2.83. The van der Waals surface area contributed by atoms with Crippen LogP contribution in [0.1, 0.15) is 12.0 Å². The van der Waals surface area contributed by atoms with Crippen molar-refractivity contribution in [1.29, 1.82) is 0 Å². The van der Waals surface area contributed by atoms with Crippen LogP contribution in [0.4, 0.5) is 5.82 Å². The van der Waals surface area contributed by atoms with Gasteiger partial charge in [0.2, 0.25) is 0 Å². The number of aromatic nitrogens is 1. The fraction of sp³-hybridized carbons (Fsp3) is 0.615. The van der Waals surface area contributed by atoms with Crippen LogP contribution in [-0.4, -0.2) is 50.2 Å². The average Bonchev–Trinajstić information content (AvgIpc) is 2.79. The molecule has 4 nitrogen and oxygen atoms in total. The average molecular weight is 269 g/mol. The molecule has 18 heavy (non-hydrogen) atoms. The first-order chi connectivity index (χ1) is 8.61. The highest BCUT2D eigenvalue weighted by atomic mass is 35.5. The van der Waals surface area contributed by atoms with Crippen molar-refractivity contribution in [3.63, 3.8) is 0 Å². The molecule has 0 aliphatic carbocycles. The first-order valence-electron chi connectivity index (χ1n) is 6.32. The minimum atomic E-state index is 0.597. The molecule has 100 valence electrons. The summed E-state index contributed by atoms with van der Waals surface area (Å²) in [5, 5.41) is 3.86. The lowest BCUT2D eigenvalue weighted by atomic mass is 10.2. The quantitative estimate of drug-likeness (QED) is 0.899. The van der Waals surface area contributed by atoms with Crippen LogP contribution in [0.5, 0.6) is 0 Å². The molecule has 1 aromatic heterocycles. The van der Waals surface area contributed by atoms with Crippen LogP contribution in [0.2, 0.25) is 5.02 Å². The maximum Gasteiger partial charge on any atom is 0.147 e. The van der Waals surface area contributed by atoms with Crippen LogP contribution in [-0.2, 0) is 6.54 Å². The molecule has 0 amide bonds. The molecule has 2 heterocycles. The minimum absolute atomic E-state index is 0.597. The third-order valence-corrected chi connectivity index (χ3v) is 3.73. The second-order valence-electron chi connectivity index (χ2n) is 5.03. The lowest BCUT2D eigenvalue weighted by Crippen LogP contribution is -2.31. The highest BCUT2D eigenvalue weighted by Gasteiger charge is 2.26. The largest absolute Gasteiger partial charge is 0.354 e. The Kier molecular flexibility index (Phi) is 4.43. The fourth-order valence-electron chi connectivity index (χ4n) is 2.36. The zero-order valence-corrected chi connectivity index (χ0v) is 12.0. The van der Waals surface area contributed by atoms with Gasteiger partial charge in [-0.2, -0.15) is 0 Å². The molecule has 1 unspecified atom stereocenters. The Balaban J connectivity index is 2.10. The molecule has 2 rings (SSSR count). The predicted molar refractivity (Wildman–Crippen MR) is 76.3 cm³/mol. The second kappa shape index (κ2) is 5.87. The number of nitrogens with one attached hydrogen (secondary N) is 1. The number of halogens is 1. The molecule has 1 aliphatic heterocycles. The highest BCUT2D eigenvalue weighted by Crippen LogP contribution is 2.28.